The van der Waals surface area contributed by atoms with Crippen LogP contribution in [0.15, 0.2) is 55.3 Å². The zero-order valence-corrected chi connectivity index (χ0v) is 14.3. The quantitative estimate of drug-likeness (QED) is 0.634. The number of aromatic amines is 1. The van der Waals surface area contributed by atoms with Crippen molar-refractivity contribution in [1.29, 1.82) is 0 Å². The van der Waals surface area contributed by atoms with Gasteiger partial charge in [-0.1, -0.05) is 6.58 Å². The fourth-order valence-electron chi connectivity index (χ4n) is 2.42. The number of halogens is 2. The highest BCUT2D eigenvalue weighted by molar-refractivity contribution is 6.02. The second kappa shape index (κ2) is 7.69. The maximum Gasteiger partial charge on any atom is 0.247 e. The Morgan fingerprint density at radius 2 is 2.04 bits per heavy atom. The van der Waals surface area contributed by atoms with Crippen molar-refractivity contribution in [1.82, 2.24) is 10.2 Å². The number of H-pyrrole nitrogens is 1. The lowest BCUT2D eigenvalue weighted by atomic mass is 10.0. The van der Waals surface area contributed by atoms with Crippen molar-refractivity contribution in [3.8, 4) is 28.5 Å². The van der Waals surface area contributed by atoms with E-state index in [4.69, 9.17) is 9.47 Å². The zero-order chi connectivity index (χ0) is 19.4. The van der Waals surface area contributed by atoms with Gasteiger partial charge in [-0.3, -0.25) is 4.79 Å². The second-order valence-electron chi connectivity index (χ2n) is 5.37. The normalized spacial score (nSPS) is 10.3. The largest absolute Gasteiger partial charge is 0.497 e. The Hall–Kier alpha value is -3.68. The second-order valence-corrected chi connectivity index (χ2v) is 5.37. The maximum atomic E-state index is 14.5. The average Bonchev–Trinajstić information content (AvgIpc) is 3.19. The lowest BCUT2D eigenvalue weighted by Crippen LogP contribution is -2.09. The van der Waals surface area contributed by atoms with Crippen molar-refractivity contribution in [2.75, 3.05) is 12.4 Å². The topological polar surface area (TPSA) is 76.2 Å². The van der Waals surface area contributed by atoms with E-state index in [-0.39, 0.29) is 17.2 Å². The van der Waals surface area contributed by atoms with Gasteiger partial charge in [-0.2, -0.15) is 9.49 Å². The van der Waals surface area contributed by atoms with Gasteiger partial charge in [0.05, 0.1) is 13.3 Å². The summed E-state index contributed by atoms with van der Waals surface area (Å²) in [6, 6.07) is 8.56. The highest BCUT2D eigenvalue weighted by Crippen LogP contribution is 2.41. The molecule has 0 aliphatic rings. The van der Waals surface area contributed by atoms with Gasteiger partial charge in [-0.15, -0.1) is 0 Å². The summed E-state index contributed by atoms with van der Waals surface area (Å²) in [5, 5.41) is 8.86. The first-order valence-corrected chi connectivity index (χ1v) is 7.80. The van der Waals surface area contributed by atoms with Crippen LogP contribution in [0, 0.1) is 11.6 Å². The minimum atomic E-state index is -1.18. The van der Waals surface area contributed by atoms with Crippen LogP contribution in [0.1, 0.15) is 0 Å². The Bertz CT molecular complexity index is 988. The highest BCUT2D eigenvalue weighted by Gasteiger charge is 2.21. The van der Waals surface area contributed by atoms with Gasteiger partial charge in [-0.25, -0.2) is 9.49 Å². The highest BCUT2D eigenvalue weighted by atomic mass is 19.2. The molecule has 1 aromatic heterocycles. The van der Waals surface area contributed by atoms with Crippen LogP contribution < -0.4 is 14.8 Å². The molecule has 0 saturated heterocycles. The minimum absolute atomic E-state index is 0.125. The molecule has 0 spiro atoms. The fraction of sp³-hybridized carbons (Fsp3) is 0.0526. The third-order valence-electron chi connectivity index (χ3n) is 3.70. The molecule has 27 heavy (non-hydrogen) atoms. The molecule has 3 aromatic rings. The van der Waals surface area contributed by atoms with E-state index in [0.717, 1.165) is 12.1 Å². The van der Waals surface area contributed by atoms with Gasteiger partial charge in [0.25, 0.3) is 0 Å². The molecule has 0 aliphatic heterocycles. The molecule has 0 radical (unpaired) electrons. The van der Waals surface area contributed by atoms with E-state index in [1.807, 2.05) is 0 Å². The van der Waals surface area contributed by atoms with E-state index >= 15 is 0 Å². The number of ether oxygens (including phenoxy) is 2. The summed E-state index contributed by atoms with van der Waals surface area (Å²) in [5.41, 5.74) is 0.931. The fourth-order valence-corrected chi connectivity index (χ4v) is 2.42. The molecule has 0 unspecified atom stereocenters. The molecule has 8 heteroatoms. The van der Waals surface area contributed by atoms with Crippen LogP contribution in [0.25, 0.3) is 11.1 Å². The van der Waals surface area contributed by atoms with Crippen LogP contribution in [0.4, 0.5) is 14.5 Å². The van der Waals surface area contributed by atoms with Crippen LogP contribution in [-0.4, -0.2) is 23.2 Å². The van der Waals surface area contributed by atoms with Gasteiger partial charge >= 0.3 is 0 Å². The van der Waals surface area contributed by atoms with Crippen LogP contribution in [0.2, 0.25) is 0 Å². The van der Waals surface area contributed by atoms with Crippen LogP contribution in [0.3, 0.4) is 0 Å². The molecule has 1 heterocycles. The monoisotopic (exact) mass is 371 g/mol. The molecule has 0 aliphatic carbocycles. The molecule has 3 rings (SSSR count). The van der Waals surface area contributed by atoms with Crippen molar-refractivity contribution in [3.05, 3.63) is 66.9 Å². The first-order chi connectivity index (χ1) is 13.0. The molecule has 6 nitrogen and oxygen atoms in total. The van der Waals surface area contributed by atoms with Crippen molar-refractivity contribution in [3.63, 3.8) is 0 Å². The maximum absolute atomic E-state index is 14.5. The third kappa shape index (κ3) is 3.79. The molecule has 2 aromatic carbocycles. The Kier molecular flexibility index (Phi) is 5.16. The molecule has 0 atom stereocenters. The predicted molar refractivity (Wildman–Crippen MR) is 95.8 cm³/mol. The number of anilines is 1. The molecule has 2 N–H and O–H groups in total. The molecule has 0 bridgehead atoms. The number of methoxy groups -OCH3 is 1. The number of hydrogen-bond donors (Lipinski definition) is 2. The Morgan fingerprint density at radius 1 is 1.22 bits per heavy atom. The lowest BCUT2D eigenvalue weighted by Gasteiger charge is -2.16. The van der Waals surface area contributed by atoms with Gasteiger partial charge in [0.2, 0.25) is 17.6 Å². The molecular weight excluding hydrogens is 356 g/mol. The van der Waals surface area contributed by atoms with Crippen molar-refractivity contribution in [2.24, 2.45) is 0 Å². The summed E-state index contributed by atoms with van der Waals surface area (Å²) >= 11 is 0. The molecule has 138 valence electrons. The van der Waals surface area contributed by atoms with Gasteiger partial charge in [-0.05, 0) is 36.4 Å². The summed E-state index contributed by atoms with van der Waals surface area (Å²) < 4.78 is 39.0. The Labute approximate surface area is 153 Å². The van der Waals surface area contributed by atoms with Crippen molar-refractivity contribution in [2.45, 2.75) is 0 Å². The number of amides is 1. The minimum Gasteiger partial charge on any atom is -0.497 e. The van der Waals surface area contributed by atoms with E-state index in [0.29, 0.717) is 17.0 Å². The lowest BCUT2D eigenvalue weighted by molar-refractivity contribution is -0.111. The summed E-state index contributed by atoms with van der Waals surface area (Å²) in [4.78, 5) is 11.7. The number of benzene rings is 2. The number of nitrogens with zero attached hydrogens (tertiary/aromatic N) is 1. The molecule has 0 saturated carbocycles. The van der Waals surface area contributed by atoms with Gasteiger partial charge in [0.1, 0.15) is 5.75 Å². The summed E-state index contributed by atoms with van der Waals surface area (Å²) in [6.07, 6.45) is 2.51. The summed E-state index contributed by atoms with van der Waals surface area (Å²) in [6.45, 7) is 3.40. The number of hydrogen-bond acceptors (Lipinski definition) is 4. The third-order valence-corrected chi connectivity index (χ3v) is 3.70. The summed E-state index contributed by atoms with van der Waals surface area (Å²) in [7, 11) is 1.47. The van der Waals surface area contributed by atoms with Gasteiger partial charge in [0.15, 0.2) is 11.6 Å². The number of carbonyl (C=O) groups is 1. The van der Waals surface area contributed by atoms with Crippen molar-refractivity contribution < 1.29 is 23.0 Å². The van der Waals surface area contributed by atoms with Crippen LogP contribution >= 0.6 is 0 Å². The number of carbonyl (C=O) groups excluding carboxylic acids is 1. The Balaban J connectivity index is 2.18. The smallest absolute Gasteiger partial charge is 0.247 e. The SMILES string of the molecule is C=CC(=O)Nc1ccc(OC)cc1-c1ccc(F)c(F)c1Oc1ccn[nH]1. The van der Waals surface area contributed by atoms with E-state index < -0.39 is 17.5 Å². The van der Waals surface area contributed by atoms with E-state index in [1.54, 1.807) is 18.2 Å². The van der Waals surface area contributed by atoms with Crippen LogP contribution in [-0.2, 0) is 4.79 Å². The van der Waals surface area contributed by atoms with Gasteiger partial charge in [0, 0.05) is 22.9 Å². The number of rotatable bonds is 6. The molecular formula is C19H15F2N3O3. The molecule has 0 fully saturated rings. The van der Waals surface area contributed by atoms with E-state index in [9.17, 15) is 13.6 Å². The standard InChI is InChI=1S/C19H15F2N3O3/c1-3-16(25)23-15-7-4-11(26-2)10-13(15)12-5-6-14(20)18(21)19(12)27-17-8-9-22-24-17/h3-10H,1H2,2H3,(H,22,24)(H,23,25). The number of nitrogens with one attached hydrogen (secondary N) is 2. The average molecular weight is 371 g/mol. The predicted octanol–water partition coefficient (Wildman–Crippen LogP) is 4.28. The first kappa shape index (κ1) is 18.1. The first-order valence-electron chi connectivity index (χ1n) is 7.80. The Morgan fingerprint density at radius 3 is 2.70 bits per heavy atom. The van der Waals surface area contributed by atoms with Crippen molar-refractivity contribution >= 4 is 11.6 Å². The van der Waals surface area contributed by atoms with E-state index in [1.165, 1.54) is 25.4 Å². The zero-order valence-electron chi connectivity index (χ0n) is 14.3. The van der Waals surface area contributed by atoms with Gasteiger partial charge < -0.3 is 14.8 Å². The number of aromatic nitrogens is 2. The molecule has 1 amide bonds. The van der Waals surface area contributed by atoms with E-state index in [2.05, 4.69) is 22.1 Å². The van der Waals surface area contributed by atoms with Crippen LogP contribution in [0.5, 0.6) is 17.4 Å². The summed E-state index contributed by atoms with van der Waals surface area (Å²) in [5.74, 6) is -2.49.